The fourth-order valence-corrected chi connectivity index (χ4v) is 5.22. The van der Waals surface area contributed by atoms with Gasteiger partial charge in [-0.25, -0.2) is 8.42 Å². The molecule has 3 rings (SSSR count). The van der Waals surface area contributed by atoms with E-state index in [-0.39, 0.29) is 18.4 Å². The number of fused-ring (bicyclic) bond motifs is 2. The smallest absolute Gasteiger partial charge is 0.264 e. The summed E-state index contributed by atoms with van der Waals surface area (Å²) < 4.78 is 78.1. The molecule has 0 radical (unpaired) electrons. The molecule has 3 unspecified atom stereocenters. The zero-order valence-electron chi connectivity index (χ0n) is 16.7. The maximum Gasteiger partial charge on any atom is 0.264 e. The van der Waals surface area contributed by atoms with E-state index < -0.39 is 30.3 Å². The topological polar surface area (TPSA) is 153 Å². The van der Waals surface area contributed by atoms with E-state index >= 15 is 0 Å². The third-order valence-electron chi connectivity index (χ3n) is 4.93. The molecule has 1 aliphatic heterocycles. The van der Waals surface area contributed by atoms with Crippen molar-refractivity contribution in [3.8, 4) is 0 Å². The Morgan fingerprint density at radius 3 is 2.24 bits per heavy atom. The van der Waals surface area contributed by atoms with E-state index in [0.29, 0.717) is 18.7 Å². The molecule has 1 aromatic rings. The summed E-state index contributed by atoms with van der Waals surface area (Å²) >= 11 is 0. The van der Waals surface area contributed by atoms with Gasteiger partial charge in [0.25, 0.3) is 30.3 Å². The molecule has 0 saturated carbocycles. The first-order valence-corrected chi connectivity index (χ1v) is 14.3. The number of nitrogens with zero attached hydrogens (tertiary/aromatic N) is 3. The molecule has 2 aliphatic rings. The van der Waals surface area contributed by atoms with E-state index in [4.69, 9.17) is 8.74 Å². The molecular weight excluding hydrogens is 446 g/mol. The summed E-state index contributed by atoms with van der Waals surface area (Å²) in [6.07, 6.45) is 6.80. The molecule has 2 heterocycles. The summed E-state index contributed by atoms with van der Waals surface area (Å²) in [5.41, 5.74) is 1.75. The molecule has 1 saturated heterocycles. The molecular formula is C15H27N3O8S3. The number of hydrogen-bond donors (Lipinski definition) is 1. The first kappa shape index (κ1) is 24.2. The van der Waals surface area contributed by atoms with Crippen molar-refractivity contribution in [3.05, 3.63) is 17.5 Å². The molecule has 1 aliphatic carbocycles. The van der Waals surface area contributed by atoms with Crippen molar-refractivity contribution in [2.45, 2.75) is 25.3 Å². The highest BCUT2D eigenvalue weighted by Gasteiger charge is 2.40. The number of rotatable bonds is 4. The minimum absolute atomic E-state index is 0.113. The Morgan fingerprint density at radius 1 is 1.14 bits per heavy atom. The van der Waals surface area contributed by atoms with Crippen LogP contribution in [0.4, 0.5) is 0 Å². The molecule has 11 nitrogen and oxygen atoms in total. The summed E-state index contributed by atoms with van der Waals surface area (Å²) in [5, 5.41) is 4.05. The van der Waals surface area contributed by atoms with Crippen LogP contribution in [-0.2, 0) is 47.3 Å². The van der Waals surface area contributed by atoms with Gasteiger partial charge in [0.15, 0.2) is 0 Å². The molecule has 14 heteroatoms. The van der Waals surface area contributed by atoms with Crippen LogP contribution in [0, 0.1) is 11.8 Å². The van der Waals surface area contributed by atoms with E-state index in [1.807, 2.05) is 7.05 Å². The van der Waals surface area contributed by atoms with Crippen LogP contribution >= 0.6 is 0 Å². The monoisotopic (exact) mass is 473 g/mol. The van der Waals surface area contributed by atoms with E-state index in [1.54, 1.807) is 6.20 Å². The van der Waals surface area contributed by atoms with Gasteiger partial charge >= 0.3 is 0 Å². The number of piperidine rings is 1. The zero-order valence-corrected chi connectivity index (χ0v) is 19.2. The SMILES string of the molecule is CN1CC(COS(C)(=O)=O)CC2Cc3c(cnn3S(C)(=O)=O)CC21.CS(=O)(=O)O. The standard InChI is InChI=1S/C14H23N3O5S2.CH4O3S/c1-16-8-10(9-22-24(3,20)21)4-11-5-14-12(6-13(11)16)7-15-17(14)23(2,18)19;1-5(2,3)4/h7,10-11,13H,4-6,8-9H2,1-3H3;1H3,(H,2,3,4). The highest BCUT2D eigenvalue weighted by Crippen LogP contribution is 2.36. The van der Waals surface area contributed by atoms with Crippen molar-refractivity contribution < 1.29 is 34.0 Å². The van der Waals surface area contributed by atoms with Crippen LogP contribution in [0.25, 0.3) is 0 Å². The van der Waals surface area contributed by atoms with Gasteiger partial charge in [-0.15, -0.1) is 0 Å². The third kappa shape index (κ3) is 7.29. The van der Waals surface area contributed by atoms with Gasteiger partial charge in [0.05, 0.1) is 37.3 Å². The second kappa shape index (κ2) is 8.59. The largest absolute Gasteiger partial charge is 0.302 e. The van der Waals surface area contributed by atoms with Crippen molar-refractivity contribution in [1.82, 2.24) is 14.1 Å². The maximum absolute atomic E-state index is 11.9. The number of likely N-dealkylation sites (N-methyl/N-ethyl adjacent to an activating group) is 1. The van der Waals surface area contributed by atoms with E-state index in [0.717, 1.165) is 47.2 Å². The zero-order chi connectivity index (χ0) is 22.2. The molecule has 0 bridgehead atoms. The Labute approximate surface area is 172 Å². The lowest BCUT2D eigenvalue weighted by atomic mass is 9.75. The van der Waals surface area contributed by atoms with Gasteiger partial charge in [-0.05, 0) is 43.7 Å². The normalized spacial score (nSPS) is 25.5. The van der Waals surface area contributed by atoms with Gasteiger partial charge < -0.3 is 4.90 Å². The molecule has 3 atom stereocenters. The van der Waals surface area contributed by atoms with Gasteiger partial charge in [0.2, 0.25) is 0 Å². The Morgan fingerprint density at radius 2 is 1.72 bits per heavy atom. The van der Waals surface area contributed by atoms with Crippen molar-refractivity contribution in [3.63, 3.8) is 0 Å². The molecule has 0 amide bonds. The number of hydrogen-bond acceptors (Lipinski definition) is 9. The van der Waals surface area contributed by atoms with Crippen LogP contribution in [0.5, 0.6) is 0 Å². The Balaban J connectivity index is 0.000000537. The quantitative estimate of drug-likeness (QED) is 0.434. The highest BCUT2D eigenvalue weighted by molar-refractivity contribution is 7.89. The first-order valence-electron chi connectivity index (χ1n) is 8.78. The third-order valence-corrected chi connectivity index (χ3v) is 6.44. The molecule has 168 valence electrons. The molecule has 1 aromatic heterocycles. The highest BCUT2D eigenvalue weighted by atomic mass is 32.2. The molecule has 0 spiro atoms. The molecule has 1 N–H and O–H groups in total. The fraction of sp³-hybridized carbons (Fsp3) is 0.800. The average molecular weight is 474 g/mol. The lowest BCUT2D eigenvalue weighted by Gasteiger charge is -2.45. The maximum atomic E-state index is 11.9. The Bertz CT molecular complexity index is 1040. The average Bonchev–Trinajstić information content (AvgIpc) is 2.92. The van der Waals surface area contributed by atoms with Crippen LogP contribution in [0.1, 0.15) is 17.7 Å². The van der Waals surface area contributed by atoms with Gasteiger partial charge in [-0.3, -0.25) is 8.74 Å². The predicted octanol–water partition coefficient (Wildman–Crippen LogP) is -0.794. The summed E-state index contributed by atoms with van der Waals surface area (Å²) in [6.45, 7) is 0.941. The van der Waals surface area contributed by atoms with Gasteiger partial charge in [-0.1, -0.05) is 0 Å². The van der Waals surface area contributed by atoms with Crippen molar-refractivity contribution in [2.24, 2.45) is 11.8 Å². The molecule has 0 aromatic carbocycles. The number of likely N-dealkylation sites (tertiary alicyclic amines) is 1. The Hall–Kier alpha value is -1.06. The number of aromatic nitrogens is 2. The summed E-state index contributed by atoms with van der Waals surface area (Å²) in [6, 6.07) is 0.323. The second-order valence-corrected chi connectivity index (χ2v) is 12.6. The molecule has 1 fully saturated rings. The summed E-state index contributed by atoms with van der Waals surface area (Å²) in [5.74, 6) is 0.378. The Kier molecular flexibility index (Phi) is 7.17. The van der Waals surface area contributed by atoms with Crippen LogP contribution in [0.15, 0.2) is 6.20 Å². The van der Waals surface area contributed by atoms with Crippen LogP contribution < -0.4 is 0 Å². The predicted molar refractivity (Wildman–Crippen MR) is 106 cm³/mol. The fourth-order valence-electron chi connectivity index (χ4n) is 3.97. The summed E-state index contributed by atoms with van der Waals surface area (Å²) in [4.78, 5) is 2.23. The van der Waals surface area contributed by atoms with E-state index in [9.17, 15) is 25.3 Å². The second-order valence-electron chi connectivity index (χ2n) is 7.72. The van der Waals surface area contributed by atoms with Crippen molar-refractivity contribution >= 4 is 30.3 Å². The van der Waals surface area contributed by atoms with Crippen molar-refractivity contribution in [2.75, 3.05) is 39.0 Å². The van der Waals surface area contributed by atoms with E-state index in [1.165, 1.54) is 0 Å². The van der Waals surface area contributed by atoms with Crippen molar-refractivity contribution in [1.29, 1.82) is 0 Å². The minimum Gasteiger partial charge on any atom is -0.302 e. The van der Waals surface area contributed by atoms with Crippen LogP contribution in [0.2, 0.25) is 0 Å². The van der Waals surface area contributed by atoms with E-state index in [2.05, 4.69) is 10.00 Å². The molecule has 29 heavy (non-hydrogen) atoms. The van der Waals surface area contributed by atoms with Gasteiger partial charge in [-0.2, -0.15) is 26.0 Å². The summed E-state index contributed by atoms with van der Waals surface area (Å²) in [7, 11) is -8.50. The van der Waals surface area contributed by atoms with Gasteiger partial charge in [0.1, 0.15) is 0 Å². The lowest BCUT2D eigenvalue weighted by molar-refractivity contribution is 0.0514. The van der Waals surface area contributed by atoms with Gasteiger partial charge in [0, 0.05) is 12.6 Å². The van der Waals surface area contributed by atoms with Crippen LogP contribution in [-0.4, -0.2) is 88.9 Å². The van der Waals surface area contributed by atoms with Crippen LogP contribution in [0.3, 0.4) is 0 Å². The lowest BCUT2D eigenvalue weighted by Crippen LogP contribution is -2.51. The minimum atomic E-state index is -3.67. The first-order chi connectivity index (χ1) is 13.0.